The minimum Gasteiger partial charge on any atom is -0.435 e. The molecule has 0 radical (unpaired) electrons. The van der Waals surface area contributed by atoms with Gasteiger partial charge in [0.2, 0.25) is 5.91 Å². The summed E-state index contributed by atoms with van der Waals surface area (Å²) in [6, 6.07) is 6.14. The third-order valence-corrected chi connectivity index (χ3v) is 4.39. The smallest absolute Gasteiger partial charge is 0.387 e. The first kappa shape index (κ1) is 20.3. The molecule has 0 bridgehead atoms. The van der Waals surface area contributed by atoms with Crippen molar-refractivity contribution in [3.63, 3.8) is 0 Å². The van der Waals surface area contributed by atoms with Crippen LogP contribution in [0.25, 0.3) is 6.08 Å². The normalized spacial score (nSPS) is 16.3. The molecule has 144 valence electrons. The predicted octanol–water partition coefficient (Wildman–Crippen LogP) is 2.44. The third kappa shape index (κ3) is 7.49. The lowest BCUT2D eigenvalue weighted by molar-refractivity contribution is -0.116. The molecule has 1 aliphatic heterocycles. The standard InChI is InChI=1S/C19H27F2N3O2/c1-2-23-12-14-24(15-13-23)11-3-10-22-18(25)9-6-16-4-7-17(8-5-16)26-19(20)21/h4-9,19H,2-3,10-15H2,1H3,(H,22,25)/b9-6+. The molecule has 0 aromatic heterocycles. The van der Waals surface area contributed by atoms with E-state index in [1.54, 1.807) is 18.2 Å². The van der Waals surface area contributed by atoms with E-state index in [1.165, 1.54) is 18.2 Å². The van der Waals surface area contributed by atoms with Gasteiger partial charge in [-0.3, -0.25) is 4.79 Å². The number of hydrogen-bond acceptors (Lipinski definition) is 4. The number of halogens is 2. The first-order valence-electron chi connectivity index (χ1n) is 9.02. The van der Waals surface area contributed by atoms with Crippen LogP contribution in [0.1, 0.15) is 18.9 Å². The number of piperazine rings is 1. The maximum absolute atomic E-state index is 12.1. The van der Waals surface area contributed by atoms with Crippen molar-refractivity contribution in [3.8, 4) is 5.75 Å². The molecule has 1 aromatic carbocycles. The van der Waals surface area contributed by atoms with Gasteiger partial charge in [-0.1, -0.05) is 19.1 Å². The van der Waals surface area contributed by atoms with E-state index in [1.807, 2.05) is 0 Å². The van der Waals surface area contributed by atoms with Crippen molar-refractivity contribution in [1.29, 1.82) is 0 Å². The molecule has 1 fully saturated rings. The molecule has 2 rings (SSSR count). The molecule has 1 aliphatic rings. The fourth-order valence-electron chi connectivity index (χ4n) is 2.83. The van der Waals surface area contributed by atoms with E-state index in [4.69, 9.17) is 0 Å². The van der Waals surface area contributed by atoms with Crippen molar-refractivity contribution in [2.45, 2.75) is 20.0 Å². The van der Waals surface area contributed by atoms with Crippen LogP contribution in [0.4, 0.5) is 8.78 Å². The van der Waals surface area contributed by atoms with Gasteiger partial charge in [0, 0.05) is 38.8 Å². The number of amides is 1. The Kier molecular flexibility index (Phi) is 8.50. The second kappa shape index (κ2) is 10.9. The molecular weight excluding hydrogens is 340 g/mol. The molecule has 1 amide bonds. The van der Waals surface area contributed by atoms with Gasteiger partial charge in [0.1, 0.15) is 5.75 Å². The zero-order valence-electron chi connectivity index (χ0n) is 15.2. The Hall–Kier alpha value is -1.99. The van der Waals surface area contributed by atoms with Crippen LogP contribution >= 0.6 is 0 Å². The van der Waals surface area contributed by atoms with Crippen molar-refractivity contribution in [1.82, 2.24) is 15.1 Å². The van der Waals surface area contributed by atoms with E-state index in [2.05, 4.69) is 26.8 Å². The Balaban J connectivity index is 1.61. The largest absolute Gasteiger partial charge is 0.435 e. The summed E-state index contributed by atoms with van der Waals surface area (Å²) in [5.41, 5.74) is 0.746. The Morgan fingerprint density at radius 2 is 1.85 bits per heavy atom. The lowest BCUT2D eigenvalue weighted by atomic mass is 10.2. The highest BCUT2D eigenvalue weighted by Crippen LogP contribution is 2.15. The summed E-state index contributed by atoms with van der Waals surface area (Å²) in [5.74, 6) is -0.0601. The van der Waals surface area contributed by atoms with Gasteiger partial charge in [0.15, 0.2) is 0 Å². The number of nitrogens with one attached hydrogen (secondary N) is 1. The predicted molar refractivity (Wildman–Crippen MR) is 98.3 cm³/mol. The van der Waals surface area contributed by atoms with Gasteiger partial charge in [-0.15, -0.1) is 0 Å². The highest BCUT2D eigenvalue weighted by atomic mass is 19.3. The third-order valence-electron chi connectivity index (χ3n) is 4.39. The lowest BCUT2D eigenvalue weighted by Crippen LogP contribution is -2.46. The fourth-order valence-corrected chi connectivity index (χ4v) is 2.83. The number of likely N-dealkylation sites (N-methyl/N-ethyl adjacent to an activating group) is 1. The van der Waals surface area contributed by atoms with Crippen LogP contribution in [0.5, 0.6) is 5.75 Å². The highest BCUT2D eigenvalue weighted by molar-refractivity contribution is 5.91. The Labute approximate surface area is 153 Å². The summed E-state index contributed by atoms with van der Waals surface area (Å²) < 4.78 is 28.4. The maximum atomic E-state index is 12.1. The monoisotopic (exact) mass is 367 g/mol. The number of carbonyl (C=O) groups is 1. The molecule has 5 nitrogen and oxygen atoms in total. The van der Waals surface area contributed by atoms with Gasteiger partial charge in [-0.25, -0.2) is 0 Å². The van der Waals surface area contributed by atoms with Gasteiger partial charge in [0.05, 0.1) is 0 Å². The number of benzene rings is 1. The second-order valence-corrected chi connectivity index (χ2v) is 6.20. The van der Waals surface area contributed by atoms with Crippen molar-refractivity contribution in [3.05, 3.63) is 35.9 Å². The molecule has 1 heterocycles. The van der Waals surface area contributed by atoms with Crippen molar-refractivity contribution < 1.29 is 18.3 Å². The van der Waals surface area contributed by atoms with Gasteiger partial charge in [-0.05, 0) is 43.3 Å². The molecule has 0 atom stereocenters. The van der Waals surface area contributed by atoms with Crippen LogP contribution in [-0.4, -0.2) is 68.1 Å². The van der Waals surface area contributed by atoms with Crippen LogP contribution < -0.4 is 10.1 Å². The molecular formula is C19H27F2N3O2. The van der Waals surface area contributed by atoms with Crippen LogP contribution in [0.15, 0.2) is 30.3 Å². The van der Waals surface area contributed by atoms with Crippen molar-refractivity contribution in [2.24, 2.45) is 0 Å². The van der Waals surface area contributed by atoms with E-state index >= 15 is 0 Å². The van der Waals surface area contributed by atoms with Gasteiger partial charge < -0.3 is 19.9 Å². The molecule has 7 heteroatoms. The summed E-state index contributed by atoms with van der Waals surface area (Å²) in [4.78, 5) is 16.7. The fraction of sp³-hybridized carbons (Fsp3) is 0.526. The zero-order valence-corrected chi connectivity index (χ0v) is 15.2. The molecule has 0 spiro atoms. The summed E-state index contributed by atoms with van der Waals surface area (Å²) >= 11 is 0. The molecule has 1 N–H and O–H groups in total. The SMILES string of the molecule is CCN1CCN(CCCNC(=O)/C=C/c2ccc(OC(F)F)cc2)CC1. The Morgan fingerprint density at radius 1 is 1.19 bits per heavy atom. The van der Waals surface area contributed by atoms with Gasteiger partial charge in [0.25, 0.3) is 0 Å². The summed E-state index contributed by atoms with van der Waals surface area (Å²) in [6.45, 7) is 6.51. The minimum absolute atomic E-state index is 0.0985. The van der Waals surface area contributed by atoms with Crippen LogP contribution in [0.3, 0.4) is 0 Å². The number of carbonyl (C=O) groups excluding carboxylic acids is 1. The van der Waals surface area contributed by atoms with Gasteiger partial charge in [-0.2, -0.15) is 8.78 Å². The van der Waals surface area contributed by atoms with Crippen LogP contribution in [0, 0.1) is 0 Å². The van der Waals surface area contributed by atoms with E-state index in [0.29, 0.717) is 6.54 Å². The first-order chi connectivity index (χ1) is 12.6. The number of alkyl halides is 2. The topological polar surface area (TPSA) is 44.8 Å². The lowest BCUT2D eigenvalue weighted by Gasteiger charge is -2.33. The van der Waals surface area contributed by atoms with Crippen molar-refractivity contribution in [2.75, 3.05) is 45.8 Å². The maximum Gasteiger partial charge on any atom is 0.387 e. The molecule has 26 heavy (non-hydrogen) atoms. The van der Waals surface area contributed by atoms with E-state index in [-0.39, 0.29) is 11.7 Å². The molecule has 0 saturated carbocycles. The second-order valence-electron chi connectivity index (χ2n) is 6.20. The average Bonchev–Trinajstić information content (AvgIpc) is 2.65. The zero-order chi connectivity index (χ0) is 18.8. The Morgan fingerprint density at radius 3 is 2.46 bits per heavy atom. The number of nitrogens with zero attached hydrogens (tertiary/aromatic N) is 2. The minimum atomic E-state index is -2.84. The summed E-state index contributed by atoms with van der Waals surface area (Å²) in [6.07, 6.45) is 4.01. The number of ether oxygens (including phenoxy) is 1. The Bertz CT molecular complexity index is 571. The molecule has 1 aromatic rings. The van der Waals surface area contributed by atoms with Crippen molar-refractivity contribution >= 4 is 12.0 Å². The van der Waals surface area contributed by atoms with Crippen LogP contribution in [-0.2, 0) is 4.79 Å². The van der Waals surface area contributed by atoms with E-state index in [0.717, 1.165) is 51.3 Å². The van der Waals surface area contributed by atoms with E-state index in [9.17, 15) is 13.6 Å². The number of rotatable bonds is 9. The number of hydrogen-bond donors (Lipinski definition) is 1. The summed E-state index contributed by atoms with van der Waals surface area (Å²) in [5, 5.41) is 2.86. The molecule has 0 aliphatic carbocycles. The molecule has 1 saturated heterocycles. The highest BCUT2D eigenvalue weighted by Gasteiger charge is 2.14. The first-order valence-corrected chi connectivity index (χ1v) is 9.02. The quantitative estimate of drug-likeness (QED) is 0.538. The average molecular weight is 367 g/mol. The molecule has 0 unspecified atom stereocenters. The van der Waals surface area contributed by atoms with Gasteiger partial charge >= 0.3 is 6.61 Å². The summed E-state index contributed by atoms with van der Waals surface area (Å²) in [7, 11) is 0. The van der Waals surface area contributed by atoms with Crippen LogP contribution in [0.2, 0.25) is 0 Å². The van der Waals surface area contributed by atoms with E-state index < -0.39 is 6.61 Å².